The van der Waals surface area contributed by atoms with E-state index in [2.05, 4.69) is 0 Å². The molecule has 1 rings (SSSR count). The van der Waals surface area contributed by atoms with Crippen LogP contribution in [-0.2, 0) is 19.1 Å². The molecule has 0 heterocycles. The topological polar surface area (TPSA) is 52.6 Å². The molecule has 0 aromatic carbocycles. The second-order valence-electron chi connectivity index (χ2n) is 4.39. The van der Waals surface area contributed by atoms with E-state index in [1.54, 1.807) is 0 Å². The van der Waals surface area contributed by atoms with E-state index in [9.17, 15) is 9.59 Å². The van der Waals surface area contributed by atoms with Crippen molar-refractivity contribution < 1.29 is 19.1 Å². The molecule has 0 aromatic heterocycles. The summed E-state index contributed by atoms with van der Waals surface area (Å²) in [6, 6.07) is 0. The summed E-state index contributed by atoms with van der Waals surface area (Å²) in [6.07, 6.45) is 4.32. The van der Waals surface area contributed by atoms with Crippen molar-refractivity contribution >= 4 is 11.9 Å². The minimum Gasteiger partial charge on any atom is -0.466 e. The first kappa shape index (κ1) is 13.0. The smallest absolute Gasteiger partial charge is 0.302 e. The molecule has 4 heteroatoms. The van der Waals surface area contributed by atoms with Crippen molar-refractivity contribution in [3.63, 3.8) is 0 Å². The fraction of sp³-hybridized carbons (Fsp3) is 0.833. The molecule has 0 unspecified atom stereocenters. The molecule has 1 aliphatic carbocycles. The van der Waals surface area contributed by atoms with Crippen LogP contribution >= 0.6 is 0 Å². The molecule has 1 aliphatic rings. The molecule has 4 nitrogen and oxygen atoms in total. The lowest BCUT2D eigenvalue weighted by Crippen LogP contribution is -2.03. The summed E-state index contributed by atoms with van der Waals surface area (Å²) < 4.78 is 9.79. The molecule has 1 fully saturated rings. The maximum Gasteiger partial charge on any atom is 0.302 e. The average molecular weight is 228 g/mol. The molecule has 16 heavy (non-hydrogen) atoms. The zero-order valence-corrected chi connectivity index (χ0v) is 10.0. The number of unbranched alkanes of at least 4 members (excludes halogenated alkanes) is 1. The summed E-state index contributed by atoms with van der Waals surface area (Å²) in [6.45, 7) is 3.97. The zero-order valence-electron chi connectivity index (χ0n) is 10.0. The summed E-state index contributed by atoms with van der Waals surface area (Å²) in [4.78, 5) is 21.1. The largest absolute Gasteiger partial charge is 0.466 e. The van der Waals surface area contributed by atoms with Gasteiger partial charge in [0.25, 0.3) is 0 Å². The van der Waals surface area contributed by atoms with Crippen molar-refractivity contribution in [2.75, 3.05) is 13.2 Å². The van der Waals surface area contributed by atoms with Gasteiger partial charge in [0.1, 0.15) is 0 Å². The maximum absolute atomic E-state index is 10.6. The fourth-order valence-electron chi connectivity index (χ4n) is 1.82. The molecule has 1 saturated carbocycles. The molecule has 0 aliphatic heterocycles. The van der Waals surface area contributed by atoms with Crippen LogP contribution in [0, 0.1) is 11.8 Å². The monoisotopic (exact) mass is 228 g/mol. The van der Waals surface area contributed by atoms with Gasteiger partial charge in [-0.2, -0.15) is 0 Å². The minimum atomic E-state index is -0.209. The van der Waals surface area contributed by atoms with Crippen LogP contribution in [0.2, 0.25) is 0 Å². The third-order valence-corrected chi connectivity index (χ3v) is 2.84. The van der Waals surface area contributed by atoms with Gasteiger partial charge in [0.05, 0.1) is 13.2 Å². The highest BCUT2D eigenvalue weighted by atomic mass is 16.5. The van der Waals surface area contributed by atoms with Crippen LogP contribution in [-0.4, -0.2) is 25.2 Å². The van der Waals surface area contributed by atoms with Gasteiger partial charge >= 0.3 is 11.9 Å². The Morgan fingerprint density at radius 2 is 1.75 bits per heavy atom. The van der Waals surface area contributed by atoms with E-state index in [4.69, 9.17) is 9.47 Å². The van der Waals surface area contributed by atoms with Crippen LogP contribution in [0.15, 0.2) is 0 Å². The van der Waals surface area contributed by atoms with Crippen LogP contribution in [0.3, 0.4) is 0 Å². The Morgan fingerprint density at radius 3 is 2.38 bits per heavy atom. The highest BCUT2D eigenvalue weighted by Crippen LogP contribution is 2.42. The van der Waals surface area contributed by atoms with Gasteiger partial charge in [-0.3, -0.25) is 9.59 Å². The van der Waals surface area contributed by atoms with Gasteiger partial charge < -0.3 is 9.47 Å². The normalized spacial score (nSPS) is 22.6. The lowest BCUT2D eigenvalue weighted by Gasteiger charge is -2.02. The zero-order chi connectivity index (χ0) is 12.0. The van der Waals surface area contributed by atoms with Gasteiger partial charge in [-0.05, 0) is 37.5 Å². The van der Waals surface area contributed by atoms with E-state index >= 15 is 0 Å². The Hall–Kier alpha value is -1.06. The van der Waals surface area contributed by atoms with Crippen molar-refractivity contribution in [2.45, 2.75) is 39.5 Å². The van der Waals surface area contributed by atoms with E-state index in [1.807, 2.05) is 0 Å². The van der Waals surface area contributed by atoms with Crippen molar-refractivity contribution in [2.24, 2.45) is 11.8 Å². The van der Waals surface area contributed by atoms with Gasteiger partial charge in [-0.25, -0.2) is 0 Å². The van der Waals surface area contributed by atoms with Crippen molar-refractivity contribution in [3.8, 4) is 0 Å². The van der Waals surface area contributed by atoms with Crippen LogP contribution in [0.25, 0.3) is 0 Å². The number of esters is 2. The number of hydrogen-bond donors (Lipinski definition) is 0. The van der Waals surface area contributed by atoms with E-state index in [0.29, 0.717) is 25.0 Å². The highest BCUT2D eigenvalue weighted by Gasteiger charge is 2.36. The van der Waals surface area contributed by atoms with Crippen LogP contribution in [0.5, 0.6) is 0 Å². The lowest BCUT2D eigenvalue weighted by atomic mass is 10.1. The average Bonchev–Trinajstić information content (AvgIpc) is 2.93. The summed E-state index contributed by atoms with van der Waals surface area (Å²) in [5.41, 5.74) is 0. The molecule has 0 amide bonds. The Labute approximate surface area is 96.3 Å². The van der Waals surface area contributed by atoms with Crippen molar-refractivity contribution in [1.82, 2.24) is 0 Å². The van der Waals surface area contributed by atoms with E-state index in [-0.39, 0.29) is 11.9 Å². The standard InChI is InChI=1S/C12H20O4/c1-9(13)15-6-4-3-5-11-7-12(11)8-16-10(2)14/h11-12H,3-8H2,1-2H3/t11-,12+/m1/s1. The third-order valence-electron chi connectivity index (χ3n) is 2.84. The number of ether oxygens (including phenoxy) is 2. The Balaban J connectivity index is 1.89. The second kappa shape index (κ2) is 6.51. The number of carbonyl (C=O) groups is 2. The maximum atomic E-state index is 10.6. The first-order valence-electron chi connectivity index (χ1n) is 5.86. The van der Waals surface area contributed by atoms with E-state index in [1.165, 1.54) is 20.3 Å². The predicted octanol–water partition coefficient (Wildman–Crippen LogP) is 1.92. The molecular weight excluding hydrogens is 208 g/mol. The Kier molecular flexibility index (Phi) is 5.29. The van der Waals surface area contributed by atoms with Gasteiger partial charge in [0.2, 0.25) is 0 Å². The molecule has 0 radical (unpaired) electrons. The van der Waals surface area contributed by atoms with Crippen molar-refractivity contribution in [3.05, 3.63) is 0 Å². The third kappa shape index (κ3) is 5.73. The first-order valence-corrected chi connectivity index (χ1v) is 5.86. The first-order chi connectivity index (χ1) is 7.59. The van der Waals surface area contributed by atoms with Gasteiger partial charge in [0, 0.05) is 13.8 Å². The van der Waals surface area contributed by atoms with E-state index in [0.717, 1.165) is 19.3 Å². The lowest BCUT2D eigenvalue weighted by molar-refractivity contribution is -0.142. The van der Waals surface area contributed by atoms with Crippen molar-refractivity contribution in [1.29, 1.82) is 0 Å². The van der Waals surface area contributed by atoms with Gasteiger partial charge in [0.15, 0.2) is 0 Å². The summed E-state index contributed by atoms with van der Waals surface area (Å²) in [5.74, 6) is 0.869. The molecule has 0 bridgehead atoms. The highest BCUT2D eigenvalue weighted by molar-refractivity contribution is 5.66. The molecule has 0 spiro atoms. The minimum absolute atomic E-state index is 0.194. The molecule has 2 atom stereocenters. The summed E-state index contributed by atoms with van der Waals surface area (Å²) in [5, 5.41) is 0. The Bertz CT molecular complexity index is 249. The summed E-state index contributed by atoms with van der Waals surface area (Å²) in [7, 11) is 0. The van der Waals surface area contributed by atoms with Crippen LogP contribution < -0.4 is 0 Å². The van der Waals surface area contributed by atoms with Crippen LogP contribution in [0.4, 0.5) is 0 Å². The molecule has 0 aromatic rings. The second-order valence-corrected chi connectivity index (χ2v) is 4.39. The fourth-order valence-corrected chi connectivity index (χ4v) is 1.82. The molecule has 0 saturated heterocycles. The molecular formula is C12H20O4. The number of carbonyl (C=O) groups excluding carboxylic acids is 2. The SMILES string of the molecule is CC(=O)OCCCC[C@@H]1C[C@H]1COC(C)=O. The molecule has 0 N–H and O–H groups in total. The van der Waals surface area contributed by atoms with Crippen LogP contribution in [0.1, 0.15) is 39.5 Å². The predicted molar refractivity (Wildman–Crippen MR) is 58.7 cm³/mol. The summed E-state index contributed by atoms with van der Waals surface area (Å²) >= 11 is 0. The molecule has 92 valence electrons. The number of hydrogen-bond acceptors (Lipinski definition) is 4. The van der Waals surface area contributed by atoms with Gasteiger partial charge in [-0.15, -0.1) is 0 Å². The number of rotatable bonds is 7. The quantitative estimate of drug-likeness (QED) is 0.493. The van der Waals surface area contributed by atoms with Gasteiger partial charge in [-0.1, -0.05) is 0 Å². The Morgan fingerprint density at radius 1 is 1.06 bits per heavy atom. The van der Waals surface area contributed by atoms with E-state index < -0.39 is 0 Å².